The molecular formula is C20H26F3N5OS. The molecule has 164 valence electrons. The van der Waals surface area contributed by atoms with Crippen molar-refractivity contribution < 1.29 is 17.9 Å². The molecule has 1 aromatic heterocycles. The Bertz CT molecular complexity index is 855. The molecule has 2 aromatic rings. The molecule has 1 aromatic carbocycles. The first-order valence-electron chi connectivity index (χ1n) is 9.77. The number of guanidine groups is 1. The quantitative estimate of drug-likeness (QED) is 0.530. The lowest BCUT2D eigenvalue weighted by molar-refractivity contribution is -0.140. The number of anilines is 1. The van der Waals surface area contributed by atoms with Crippen LogP contribution in [0.5, 0.6) is 5.75 Å². The summed E-state index contributed by atoms with van der Waals surface area (Å²) < 4.78 is 43.3. The number of piperidine rings is 1. The van der Waals surface area contributed by atoms with E-state index in [4.69, 9.17) is 4.74 Å². The Kier molecular flexibility index (Phi) is 7.41. The molecule has 10 heteroatoms. The molecule has 0 radical (unpaired) electrons. The van der Waals surface area contributed by atoms with Crippen LogP contribution in [0.3, 0.4) is 0 Å². The highest BCUT2D eigenvalue weighted by Gasteiger charge is 2.33. The molecule has 1 atom stereocenters. The van der Waals surface area contributed by atoms with Gasteiger partial charge in [0, 0.05) is 56.3 Å². The van der Waals surface area contributed by atoms with Crippen LogP contribution in [0.25, 0.3) is 0 Å². The summed E-state index contributed by atoms with van der Waals surface area (Å²) in [7, 11) is 3.34. The van der Waals surface area contributed by atoms with Crippen LogP contribution >= 0.6 is 11.3 Å². The van der Waals surface area contributed by atoms with Gasteiger partial charge >= 0.3 is 6.18 Å². The SMILES string of the molecule is CN=C(NCCc1nc(C(F)(F)F)cs1)NC1CCCN(c2cccc(OC)c2)C1. The molecule has 3 rings (SSSR count). The lowest BCUT2D eigenvalue weighted by Crippen LogP contribution is -2.51. The third kappa shape index (κ3) is 6.01. The van der Waals surface area contributed by atoms with Crippen LogP contribution in [0, 0.1) is 0 Å². The number of aromatic nitrogens is 1. The highest BCUT2D eigenvalue weighted by Crippen LogP contribution is 2.30. The van der Waals surface area contributed by atoms with Crippen LogP contribution in [0.15, 0.2) is 34.6 Å². The van der Waals surface area contributed by atoms with E-state index >= 15 is 0 Å². The van der Waals surface area contributed by atoms with Crippen molar-refractivity contribution >= 4 is 23.0 Å². The molecule has 1 aliphatic heterocycles. The fraction of sp³-hybridized carbons (Fsp3) is 0.500. The summed E-state index contributed by atoms with van der Waals surface area (Å²) in [4.78, 5) is 10.2. The highest BCUT2D eigenvalue weighted by molar-refractivity contribution is 7.09. The standard InChI is InChI=1S/C20H26F3N5OS/c1-24-19(25-9-8-18-27-17(13-30-18)20(21,22)23)26-14-5-4-10-28(12-14)15-6-3-7-16(11-15)29-2/h3,6-7,11,13-14H,4-5,8-10,12H2,1-2H3,(H2,24,25,26). The van der Waals surface area contributed by atoms with E-state index in [1.54, 1.807) is 14.2 Å². The van der Waals surface area contributed by atoms with E-state index in [2.05, 4.69) is 31.6 Å². The van der Waals surface area contributed by atoms with Crippen molar-refractivity contribution in [1.29, 1.82) is 0 Å². The van der Waals surface area contributed by atoms with Gasteiger partial charge < -0.3 is 20.3 Å². The molecule has 0 spiro atoms. The maximum atomic E-state index is 12.7. The van der Waals surface area contributed by atoms with Crippen molar-refractivity contribution in [2.45, 2.75) is 31.5 Å². The minimum absolute atomic E-state index is 0.216. The normalized spacial score (nSPS) is 17.7. The van der Waals surface area contributed by atoms with E-state index in [-0.39, 0.29) is 6.04 Å². The van der Waals surface area contributed by atoms with Crippen molar-refractivity contribution in [1.82, 2.24) is 15.6 Å². The maximum Gasteiger partial charge on any atom is 0.434 e. The second-order valence-electron chi connectivity index (χ2n) is 7.00. The second kappa shape index (κ2) is 10.0. The molecule has 1 fully saturated rings. The molecule has 0 aliphatic carbocycles. The van der Waals surface area contributed by atoms with Crippen LogP contribution in [0.1, 0.15) is 23.5 Å². The van der Waals surface area contributed by atoms with Crippen LogP contribution < -0.4 is 20.3 Å². The number of halogens is 3. The Hall–Kier alpha value is -2.49. The fourth-order valence-corrected chi connectivity index (χ4v) is 4.17. The van der Waals surface area contributed by atoms with Crippen molar-refractivity contribution in [3.05, 3.63) is 40.3 Å². The zero-order chi connectivity index (χ0) is 21.6. The first-order valence-corrected chi connectivity index (χ1v) is 10.6. The van der Waals surface area contributed by atoms with Crippen molar-refractivity contribution in [2.24, 2.45) is 4.99 Å². The van der Waals surface area contributed by atoms with Crippen molar-refractivity contribution in [2.75, 3.05) is 38.7 Å². The molecular weight excluding hydrogens is 415 g/mol. The number of aliphatic imine (C=N–C) groups is 1. The third-order valence-corrected chi connectivity index (χ3v) is 5.79. The molecule has 0 saturated carbocycles. The van der Waals surface area contributed by atoms with Crippen molar-refractivity contribution in [3.63, 3.8) is 0 Å². The molecule has 6 nitrogen and oxygen atoms in total. The Morgan fingerprint density at radius 3 is 2.93 bits per heavy atom. The Morgan fingerprint density at radius 2 is 2.23 bits per heavy atom. The van der Waals surface area contributed by atoms with Crippen LogP contribution in [0.4, 0.5) is 18.9 Å². The van der Waals surface area contributed by atoms with E-state index in [9.17, 15) is 13.2 Å². The topological polar surface area (TPSA) is 61.8 Å². The lowest BCUT2D eigenvalue weighted by Gasteiger charge is -2.35. The molecule has 2 N–H and O–H groups in total. The van der Waals surface area contributed by atoms with Gasteiger partial charge in [-0.05, 0) is 25.0 Å². The number of thiazole rings is 1. The average Bonchev–Trinajstić information content (AvgIpc) is 3.23. The van der Waals surface area contributed by atoms with E-state index < -0.39 is 11.9 Å². The van der Waals surface area contributed by atoms with Crippen LogP contribution in [-0.2, 0) is 12.6 Å². The summed E-state index contributed by atoms with van der Waals surface area (Å²) in [5.74, 6) is 1.47. The first kappa shape index (κ1) is 22.2. The van der Waals surface area contributed by atoms with E-state index in [0.717, 1.165) is 54.1 Å². The number of nitrogens with zero attached hydrogens (tertiary/aromatic N) is 3. The number of nitrogens with one attached hydrogen (secondary N) is 2. The fourth-order valence-electron chi connectivity index (χ4n) is 3.37. The van der Waals surface area contributed by atoms with Gasteiger partial charge in [0.1, 0.15) is 5.75 Å². The summed E-state index contributed by atoms with van der Waals surface area (Å²) in [6.07, 6.45) is -1.93. The zero-order valence-electron chi connectivity index (χ0n) is 17.0. The summed E-state index contributed by atoms with van der Waals surface area (Å²) >= 11 is 1.02. The Balaban J connectivity index is 1.49. The summed E-state index contributed by atoms with van der Waals surface area (Å²) in [6, 6.07) is 8.22. The molecule has 1 unspecified atom stereocenters. The number of methoxy groups -OCH3 is 1. The summed E-state index contributed by atoms with van der Waals surface area (Å²) in [5, 5.41) is 8.09. The predicted octanol–water partition coefficient (Wildman–Crippen LogP) is 3.55. The maximum absolute atomic E-state index is 12.7. The number of hydrogen-bond acceptors (Lipinski definition) is 5. The van der Waals surface area contributed by atoms with Gasteiger partial charge in [0.05, 0.1) is 12.1 Å². The van der Waals surface area contributed by atoms with Gasteiger partial charge in [-0.1, -0.05) is 6.07 Å². The van der Waals surface area contributed by atoms with Gasteiger partial charge in [0.25, 0.3) is 0 Å². The average molecular weight is 442 g/mol. The molecule has 30 heavy (non-hydrogen) atoms. The number of benzene rings is 1. The summed E-state index contributed by atoms with van der Waals surface area (Å²) in [6.45, 7) is 2.26. The van der Waals surface area contributed by atoms with E-state index in [0.29, 0.717) is 23.9 Å². The van der Waals surface area contributed by atoms with Gasteiger partial charge in [-0.2, -0.15) is 13.2 Å². The number of rotatable bonds is 6. The minimum Gasteiger partial charge on any atom is -0.497 e. The highest BCUT2D eigenvalue weighted by atomic mass is 32.1. The number of hydrogen-bond donors (Lipinski definition) is 2. The van der Waals surface area contributed by atoms with Gasteiger partial charge in [-0.15, -0.1) is 11.3 Å². The number of ether oxygens (including phenoxy) is 1. The van der Waals surface area contributed by atoms with Gasteiger partial charge in [-0.3, -0.25) is 4.99 Å². The van der Waals surface area contributed by atoms with Gasteiger partial charge in [0.2, 0.25) is 0 Å². The molecule has 1 saturated heterocycles. The first-order chi connectivity index (χ1) is 14.4. The second-order valence-corrected chi connectivity index (χ2v) is 7.95. The van der Waals surface area contributed by atoms with E-state index in [1.165, 1.54) is 0 Å². The predicted molar refractivity (Wildman–Crippen MR) is 114 cm³/mol. The zero-order valence-corrected chi connectivity index (χ0v) is 17.8. The van der Waals surface area contributed by atoms with E-state index in [1.807, 2.05) is 18.2 Å². The molecule has 1 aliphatic rings. The minimum atomic E-state index is -4.39. The van der Waals surface area contributed by atoms with Crippen molar-refractivity contribution in [3.8, 4) is 5.75 Å². The lowest BCUT2D eigenvalue weighted by atomic mass is 10.0. The van der Waals surface area contributed by atoms with Crippen LogP contribution in [-0.4, -0.2) is 50.8 Å². The smallest absolute Gasteiger partial charge is 0.434 e. The monoisotopic (exact) mass is 441 g/mol. The Labute approximate surface area is 178 Å². The Morgan fingerprint density at radius 1 is 1.40 bits per heavy atom. The molecule has 0 bridgehead atoms. The van der Waals surface area contributed by atoms with Gasteiger partial charge in [-0.25, -0.2) is 4.98 Å². The van der Waals surface area contributed by atoms with Gasteiger partial charge in [0.15, 0.2) is 11.7 Å². The summed E-state index contributed by atoms with van der Waals surface area (Å²) in [5.41, 5.74) is 0.290. The third-order valence-electron chi connectivity index (χ3n) is 4.88. The molecule has 2 heterocycles. The number of alkyl halides is 3. The van der Waals surface area contributed by atoms with Crippen LogP contribution in [0.2, 0.25) is 0 Å². The largest absolute Gasteiger partial charge is 0.497 e. The molecule has 0 amide bonds.